The molecule has 6 rings (SSSR count). The molecule has 5 aromatic rings. The highest BCUT2D eigenvalue weighted by Crippen LogP contribution is 2.34. The zero-order valence-corrected chi connectivity index (χ0v) is 19.7. The van der Waals surface area contributed by atoms with Crippen molar-refractivity contribution in [3.05, 3.63) is 126 Å². The molecule has 0 aliphatic carbocycles. The highest BCUT2D eigenvalue weighted by atomic mass is 16.5. The van der Waals surface area contributed by atoms with E-state index in [1.807, 2.05) is 103 Å². The van der Waals surface area contributed by atoms with Crippen LogP contribution in [0, 0.1) is 0 Å². The Morgan fingerprint density at radius 1 is 0.750 bits per heavy atom. The van der Waals surface area contributed by atoms with Crippen molar-refractivity contribution in [1.29, 1.82) is 0 Å². The SMILES string of the molecule is CC(=O)N1N=C(c2cc(-c3ccccc3)nc3ccccc23)OC1c1ccc(-c2ccccc2)cc1. The number of carbonyl (C=O) groups excluding carboxylic acids is 1. The zero-order valence-electron chi connectivity index (χ0n) is 19.7. The van der Waals surface area contributed by atoms with Crippen molar-refractivity contribution in [3.63, 3.8) is 0 Å². The maximum absolute atomic E-state index is 12.6. The van der Waals surface area contributed by atoms with Crippen molar-refractivity contribution in [3.8, 4) is 22.4 Å². The first-order valence-electron chi connectivity index (χ1n) is 11.8. The van der Waals surface area contributed by atoms with Gasteiger partial charge in [-0.15, -0.1) is 5.10 Å². The lowest BCUT2D eigenvalue weighted by atomic mass is 10.0. The van der Waals surface area contributed by atoms with Crippen LogP contribution >= 0.6 is 0 Å². The van der Waals surface area contributed by atoms with E-state index in [9.17, 15) is 4.79 Å². The molecule has 36 heavy (non-hydrogen) atoms. The van der Waals surface area contributed by atoms with Crippen molar-refractivity contribution < 1.29 is 9.53 Å². The highest BCUT2D eigenvalue weighted by Gasteiger charge is 2.34. The molecule has 174 valence electrons. The molecular weight excluding hydrogens is 446 g/mol. The number of hydrogen-bond donors (Lipinski definition) is 0. The number of carbonyl (C=O) groups is 1. The lowest BCUT2D eigenvalue weighted by molar-refractivity contribution is -0.135. The number of pyridine rings is 1. The van der Waals surface area contributed by atoms with E-state index < -0.39 is 6.23 Å². The van der Waals surface area contributed by atoms with Crippen molar-refractivity contribution in [1.82, 2.24) is 9.99 Å². The van der Waals surface area contributed by atoms with Gasteiger partial charge in [0.1, 0.15) is 0 Å². The minimum absolute atomic E-state index is 0.191. The molecule has 0 fully saturated rings. The van der Waals surface area contributed by atoms with E-state index in [2.05, 4.69) is 17.2 Å². The predicted octanol–water partition coefficient (Wildman–Crippen LogP) is 6.81. The summed E-state index contributed by atoms with van der Waals surface area (Å²) in [5, 5.41) is 6.95. The Balaban J connectivity index is 1.40. The van der Waals surface area contributed by atoms with Crippen molar-refractivity contribution in [2.45, 2.75) is 13.2 Å². The lowest BCUT2D eigenvalue weighted by Gasteiger charge is -2.19. The van der Waals surface area contributed by atoms with E-state index in [4.69, 9.17) is 9.72 Å². The van der Waals surface area contributed by atoms with E-state index in [0.29, 0.717) is 5.90 Å². The molecule has 1 unspecified atom stereocenters. The van der Waals surface area contributed by atoms with Gasteiger partial charge in [-0.05, 0) is 23.3 Å². The Morgan fingerprint density at radius 3 is 2.06 bits per heavy atom. The number of nitrogens with zero attached hydrogens (tertiary/aromatic N) is 3. The fourth-order valence-electron chi connectivity index (χ4n) is 4.47. The van der Waals surface area contributed by atoms with Gasteiger partial charge in [0.05, 0.1) is 11.2 Å². The molecule has 0 spiro atoms. The maximum Gasteiger partial charge on any atom is 0.243 e. The normalized spacial score (nSPS) is 15.0. The molecular formula is C31H23N3O2. The largest absolute Gasteiger partial charge is 0.446 e. The predicted molar refractivity (Wildman–Crippen MR) is 142 cm³/mol. The maximum atomic E-state index is 12.6. The van der Waals surface area contributed by atoms with Crippen LogP contribution < -0.4 is 0 Å². The third-order valence-electron chi connectivity index (χ3n) is 6.29. The highest BCUT2D eigenvalue weighted by molar-refractivity contribution is 6.08. The smallest absolute Gasteiger partial charge is 0.243 e. The third-order valence-corrected chi connectivity index (χ3v) is 6.29. The zero-order chi connectivity index (χ0) is 24.5. The molecule has 1 aliphatic rings. The number of amides is 1. The van der Waals surface area contributed by atoms with Gasteiger partial charge < -0.3 is 4.74 Å². The number of ether oxygens (including phenoxy) is 1. The number of hydrazone groups is 1. The van der Waals surface area contributed by atoms with E-state index in [1.165, 1.54) is 11.9 Å². The van der Waals surface area contributed by atoms with Gasteiger partial charge in [0.2, 0.25) is 18.0 Å². The van der Waals surface area contributed by atoms with Gasteiger partial charge in [-0.1, -0.05) is 103 Å². The van der Waals surface area contributed by atoms with Crippen LogP contribution in [0.1, 0.15) is 24.3 Å². The van der Waals surface area contributed by atoms with Crippen molar-refractivity contribution in [2.24, 2.45) is 5.10 Å². The summed E-state index contributed by atoms with van der Waals surface area (Å²) >= 11 is 0. The summed E-state index contributed by atoms with van der Waals surface area (Å²) < 4.78 is 6.38. The molecule has 1 amide bonds. The van der Waals surface area contributed by atoms with E-state index >= 15 is 0 Å². The molecule has 4 aromatic carbocycles. The molecule has 0 N–H and O–H groups in total. The summed E-state index contributed by atoms with van der Waals surface area (Å²) in [4.78, 5) is 17.4. The fraction of sp³-hybridized carbons (Fsp3) is 0.0645. The molecule has 1 aliphatic heterocycles. The van der Waals surface area contributed by atoms with Crippen LogP contribution in [-0.4, -0.2) is 21.8 Å². The van der Waals surface area contributed by atoms with Crippen LogP contribution in [0.15, 0.2) is 120 Å². The van der Waals surface area contributed by atoms with Gasteiger partial charge in [0.15, 0.2) is 0 Å². The summed E-state index contributed by atoms with van der Waals surface area (Å²) in [5.41, 5.74) is 6.54. The van der Waals surface area contributed by atoms with Crippen LogP contribution in [0.2, 0.25) is 0 Å². The Kier molecular flexibility index (Phi) is 5.51. The average molecular weight is 470 g/mol. The van der Waals surface area contributed by atoms with Crippen LogP contribution in [0.4, 0.5) is 0 Å². The first kappa shape index (κ1) is 21.7. The number of rotatable bonds is 4. The second-order valence-corrected chi connectivity index (χ2v) is 8.67. The molecule has 5 nitrogen and oxygen atoms in total. The summed E-state index contributed by atoms with van der Waals surface area (Å²) in [6.07, 6.45) is -0.644. The van der Waals surface area contributed by atoms with Gasteiger partial charge in [-0.25, -0.2) is 4.98 Å². The molecule has 0 bridgehead atoms. The molecule has 1 atom stereocenters. The topological polar surface area (TPSA) is 54.8 Å². The summed E-state index contributed by atoms with van der Waals surface area (Å²) in [7, 11) is 0. The lowest BCUT2D eigenvalue weighted by Crippen LogP contribution is -2.25. The quantitative estimate of drug-likeness (QED) is 0.291. The second kappa shape index (κ2) is 9.12. The van der Waals surface area contributed by atoms with Crippen LogP contribution in [0.3, 0.4) is 0 Å². The van der Waals surface area contributed by atoms with E-state index in [1.54, 1.807) is 0 Å². The Labute approximate surface area is 209 Å². The minimum Gasteiger partial charge on any atom is -0.446 e. The number of hydrogen-bond acceptors (Lipinski definition) is 4. The van der Waals surface area contributed by atoms with Gasteiger partial charge >= 0.3 is 0 Å². The van der Waals surface area contributed by atoms with Gasteiger partial charge in [-0.2, -0.15) is 5.01 Å². The fourth-order valence-corrected chi connectivity index (χ4v) is 4.47. The van der Waals surface area contributed by atoms with E-state index in [0.717, 1.165) is 44.4 Å². The van der Waals surface area contributed by atoms with Gasteiger partial charge in [0, 0.05) is 29.0 Å². The Hall–Kier alpha value is -4.77. The first-order chi connectivity index (χ1) is 17.7. The molecule has 2 heterocycles. The number of aromatic nitrogens is 1. The molecule has 0 radical (unpaired) electrons. The second-order valence-electron chi connectivity index (χ2n) is 8.67. The van der Waals surface area contributed by atoms with Gasteiger partial charge in [-0.3, -0.25) is 4.79 Å². The number of para-hydroxylation sites is 1. The third kappa shape index (κ3) is 4.01. The molecule has 5 heteroatoms. The summed E-state index contributed by atoms with van der Waals surface area (Å²) in [6, 6.07) is 38.1. The van der Waals surface area contributed by atoms with Crippen molar-refractivity contribution in [2.75, 3.05) is 0 Å². The van der Waals surface area contributed by atoms with Gasteiger partial charge in [0.25, 0.3) is 0 Å². The molecule has 0 saturated heterocycles. The molecule has 0 saturated carbocycles. The number of benzene rings is 4. The summed E-state index contributed by atoms with van der Waals surface area (Å²) in [6.45, 7) is 1.50. The van der Waals surface area contributed by atoms with Crippen molar-refractivity contribution >= 4 is 22.7 Å². The van der Waals surface area contributed by atoms with Crippen LogP contribution in [0.25, 0.3) is 33.3 Å². The number of fused-ring (bicyclic) bond motifs is 1. The Morgan fingerprint density at radius 2 is 1.36 bits per heavy atom. The minimum atomic E-state index is -0.644. The van der Waals surface area contributed by atoms with Crippen LogP contribution in [0.5, 0.6) is 0 Å². The van der Waals surface area contributed by atoms with E-state index in [-0.39, 0.29) is 5.91 Å². The first-order valence-corrected chi connectivity index (χ1v) is 11.8. The monoisotopic (exact) mass is 469 g/mol. The standard InChI is InChI=1S/C31H23N3O2/c1-21(35)34-31(25-18-16-23(17-19-25)22-10-4-2-5-11-22)36-30(33-34)27-20-29(24-12-6-3-7-13-24)32-28-15-9-8-14-26(27)28/h2-20,31H,1H3. The molecule has 1 aromatic heterocycles. The summed E-state index contributed by atoms with van der Waals surface area (Å²) in [5.74, 6) is 0.210. The Bertz CT molecular complexity index is 1580. The van der Waals surface area contributed by atoms with Crippen LogP contribution in [-0.2, 0) is 9.53 Å². The average Bonchev–Trinajstić information content (AvgIpc) is 3.39.